The summed E-state index contributed by atoms with van der Waals surface area (Å²) >= 11 is 7.32. The van der Waals surface area contributed by atoms with E-state index < -0.39 is 6.36 Å². The highest BCUT2D eigenvalue weighted by Gasteiger charge is 2.31. The standard InChI is InChI=1S/C14H13ClF3NOS/c1-2-19-13(11-6-7-12(15)21-11)9-4-3-5-10(8-9)20-14(16,17)18/h3-8,13,19H,2H2,1H3. The molecule has 2 aromatic rings. The van der Waals surface area contributed by atoms with Crippen molar-refractivity contribution in [3.05, 3.63) is 51.2 Å². The number of hydrogen-bond donors (Lipinski definition) is 1. The molecule has 21 heavy (non-hydrogen) atoms. The number of hydrogen-bond acceptors (Lipinski definition) is 3. The lowest BCUT2D eigenvalue weighted by atomic mass is 10.1. The van der Waals surface area contributed by atoms with Gasteiger partial charge in [0.05, 0.1) is 10.4 Å². The van der Waals surface area contributed by atoms with Crippen molar-refractivity contribution in [3.8, 4) is 5.75 Å². The average molecular weight is 336 g/mol. The van der Waals surface area contributed by atoms with Gasteiger partial charge in [0.15, 0.2) is 0 Å². The third-order valence-corrected chi connectivity index (χ3v) is 4.01. The van der Waals surface area contributed by atoms with Crippen LogP contribution in [0.4, 0.5) is 13.2 Å². The summed E-state index contributed by atoms with van der Waals surface area (Å²) in [7, 11) is 0. The lowest BCUT2D eigenvalue weighted by Crippen LogP contribution is -2.21. The molecule has 0 radical (unpaired) electrons. The zero-order valence-electron chi connectivity index (χ0n) is 11.1. The van der Waals surface area contributed by atoms with Crippen LogP contribution in [0, 0.1) is 0 Å². The highest BCUT2D eigenvalue weighted by Crippen LogP contribution is 2.33. The summed E-state index contributed by atoms with van der Waals surface area (Å²) in [6.45, 7) is 2.60. The number of alkyl halides is 3. The van der Waals surface area contributed by atoms with Crippen LogP contribution in [0.3, 0.4) is 0 Å². The van der Waals surface area contributed by atoms with Gasteiger partial charge in [0.2, 0.25) is 0 Å². The van der Waals surface area contributed by atoms with Gasteiger partial charge in [-0.2, -0.15) is 0 Å². The van der Waals surface area contributed by atoms with E-state index >= 15 is 0 Å². The Labute approximate surface area is 129 Å². The van der Waals surface area contributed by atoms with Crippen molar-refractivity contribution in [1.82, 2.24) is 5.32 Å². The van der Waals surface area contributed by atoms with Crippen molar-refractivity contribution in [2.45, 2.75) is 19.3 Å². The van der Waals surface area contributed by atoms with Crippen LogP contribution in [0.25, 0.3) is 0 Å². The van der Waals surface area contributed by atoms with E-state index in [-0.39, 0.29) is 11.8 Å². The Morgan fingerprint density at radius 2 is 2.05 bits per heavy atom. The van der Waals surface area contributed by atoms with Gasteiger partial charge < -0.3 is 10.1 Å². The van der Waals surface area contributed by atoms with Crippen molar-refractivity contribution in [3.63, 3.8) is 0 Å². The van der Waals surface area contributed by atoms with Crippen LogP contribution in [-0.2, 0) is 0 Å². The van der Waals surface area contributed by atoms with Crippen LogP contribution in [-0.4, -0.2) is 12.9 Å². The SMILES string of the molecule is CCNC(c1cccc(OC(F)(F)F)c1)c1ccc(Cl)s1. The largest absolute Gasteiger partial charge is 0.573 e. The van der Waals surface area contributed by atoms with E-state index in [4.69, 9.17) is 11.6 Å². The third-order valence-electron chi connectivity index (χ3n) is 2.71. The summed E-state index contributed by atoms with van der Waals surface area (Å²) in [5, 5.41) is 3.23. The molecular formula is C14H13ClF3NOS. The molecule has 0 aliphatic rings. The Balaban J connectivity index is 2.30. The maximum Gasteiger partial charge on any atom is 0.573 e. The predicted octanol–water partition coefficient (Wildman–Crippen LogP) is 5.00. The van der Waals surface area contributed by atoms with Crippen LogP contribution in [0.15, 0.2) is 36.4 Å². The first kappa shape index (κ1) is 16.1. The van der Waals surface area contributed by atoms with E-state index in [2.05, 4.69) is 10.1 Å². The number of nitrogens with one attached hydrogen (secondary N) is 1. The lowest BCUT2D eigenvalue weighted by Gasteiger charge is -2.18. The molecule has 0 bridgehead atoms. The van der Waals surface area contributed by atoms with Crippen LogP contribution >= 0.6 is 22.9 Å². The molecule has 1 unspecified atom stereocenters. The number of halogens is 4. The second-order valence-corrected chi connectivity index (χ2v) is 6.00. The molecule has 0 aliphatic carbocycles. The van der Waals surface area contributed by atoms with Crippen LogP contribution in [0.1, 0.15) is 23.4 Å². The topological polar surface area (TPSA) is 21.3 Å². The van der Waals surface area contributed by atoms with Gasteiger partial charge in [-0.1, -0.05) is 30.7 Å². The molecule has 0 fully saturated rings. The first-order chi connectivity index (χ1) is 9.89. The highest BCUT2D eigenvalue weighted by atomic mass is 35.5. The van der Waals surface area contributed by atoms with Crippen molar-refractivity contribution >= 4 is 22.9 Å². The van der Waals surface area contributed by atoms with Crippen LogP contribution in [0.2, 0.25) is 4.34 Å². The fourth-order valence-corrected chi connectivity index (χ4v) is 3.13. The van der Waals surface area contributed by atoms with Gasteiger partial charge in [-0.15, -0.1) is 24.5 Å². The second-order valence-electron chi connectivity index (χ2n) is 4.25. The first-order valence-electron chi connectivity index (χ1n) is 6.23. The molecule has 114 valence electrons. The average Bonchev–Trinajstić information content (AvgIpc) is 2.80. The lowest BCUT2D eigenvalue weighted by molar-refractivity contribution is -0.274. The van der Waals surface area contributed by atoms with Gasteiger partial charge in [-0.25, -0.2) is 0 Å². The molecule has 2 rings (SSSR count). The fourth-order valence-electron chi connectivity index (χ4n) is 1.96. The van der Waals surface area contributed by atoms with E-state index in [1.165, 1.54) is 29.5 Å². The molecule has 7 heteroatoms. The maximum absolute atomic E-state index is 12.3. The van der Waals surface area contributed by atoms with Crippen molar-refractivity contribution in [2.24, 2.45) is 0 Å². The van der Waals surface area contributed by atoms with E-state index in [0.29, 0.717) is 16.4 Å². The zero-order chi connectivity index (χ0) is 15.5. The Bertz CT molecular complexity index is 600. The van der Waals surface area contributed by atoms with E-state index in [1.807, 2.05) is 13.0 Å². The fraction of sp³-hybridized carbons (Fsp3) is 0.286. The molecule has 1 aromatic carbocycles. The summed E-state index contributed by atoms with van der Waals surface area (Å²) < 4.78 is 41.5. The molecule has 0 spiro atoms. The summed E-state index contributed by atoms with van der Waals surface area (Å²) in [5.74, 6) is -0.231. The van der Waals surface area contributed by atoms with Gasteiger partial charge in [0.25, 0.3) is 0 Å². The number of rotatable bonds is 5. The third kappa shape index (κ3) is 4.62. The minimum Gasteiger partial charge on any atom is -0.406 e. The predicted molar refractivity (Wildman–Crippen MR) is 78.0 cm³/mol. The molecule has 0 amide bonds. The van der Waals surface area contributed by atoms with E-state index in [9.17, 15) is 13.2 Å². The van der Waals surface area contributed by atoms with Gasteiger partial charge in [0.1, 0.15) is 5.75 Å². The molecule has 1 atom stereocenters. The van der Waals surface area contributed by atoms with Crippen molar-refractivity contribution < 1.29 is 17.9 Å². The Morgan fingerprint density at radius 3 is 2.62 bits per heavy atom. The summed E-state index contributed by atoms with van der Waals surface area (Å²) in [6, 6.07) is 9.36. The number of benzene rings is 1. The maximum atomic E-state index is 12.3. The minimum absolute atomic E-state index is 0.218. The van der Waals surface area contributed by atoms with Gasteiger partial charge in [0, 0.05) is 4.88 Å². The number of ether oxygens (including phenoxy) is 1. The van der Waals surface area contributed by atoms with E-state index in [1.54, 1.807) is 12.1 Å². The Kier molecular flexibility index (Phi) is 5.13. The smallest absolute Gasteiger partial charge is 0.406 e. The van der Waals surface area contributed by atoms with E-state index in [0.717, 1.165) is 4.88 Å². The molecule has 0 aliphatic heterocycles. The summed E-state index contributed by atoms with van der Waals surface area (Å²) in [5.41, 5.74) is 0.692. The number of thiophene rings is 1. The van der Waals surface area contributed by atoms with Crippen LogP contribution in [0.5, 0.6) is 5.75 Å². The molecule has 2 nitrogen and oxygen atoms in total. The molecule has 0 saturated heterocycles. The molecule has 0 saturated carbocycles. The van der Waals surface area contributed by atoms with Crippen molar-refractivity contribution in [1.29, 1.82) is 0 Å². The Hall–Kier alpha value is -1.24. The van der Waals surface area contributed by atoms with Gasteiger partial charge in [-0.3, -0.25) is 0 Å². The molecule has 1 aromatic heterocycles. The summed E-state index contributed by atoms with van der Waals surface area (Å²) in [6.07, 6.45) is -4.70. The Morgan fingerprint density at radius 1 is 1.29 bits per heavy atom. The zero-order valence-corrected chi connectivity index (χ0v) is 12.6. The van der Waals surface area contributed by atoms with Crippen LogP contribution < -0.4 is 10.1 Å². The normalized spacial score (nSPS) is 13.2. The monoisotopic (exact) mass is 335 g/mol. The van der Waals surface area contributed by atoms with Crippen molar-refractivity contribution in [2.75, 3.05) is 6.54 Å². The minimum atomic E-state index is -4.70. The summed E-state index contributed by atoms with van der Waals surface area (Å²) in [4.78, 5) is 0.936. The first-order valence-corrected chi connectivity index (χ1v) is 7.43. The molecular weight excluding hydrogens is 323 g/mol. The van der Waals surface area contributed by atoms with Gasteiger partial charge in [-0.05, 0) is 36.4 Å². The molecule has 1 N–H and O–H groups in total. The second kappa shape index (κ2) is 6.68. The molecule has 1 heterocycles. The highest BCUT2D eigenvalue weighted by molar-refractivity contribution is 7.16. The van der Waals surface area contributed by atoms with Gasteiger partial charge >= 0.3 is 6.36 Å². The quantitative estimate of drug-likeness (QED) is 0.830.